The monoisotopic (exact) mass is 405 g/mol. The second kappa shape index (κ2) is 7.01. The molecule has 0 saturated heterocycles. The van der Waals surface area contributed by atoms with Crippen molar-refractivity contribution in [3.05, 3.63) is 67.1 Å². The summed E-state index contributed by atoms with van der Waals surface area (Å²) < 4.78 is 0.800. The molecule has 6 heteroatoms. The third-order valence-electron chi connectivity index (χ3n) is 2.85. The van der Waals surface area contributed by atoms with Crippen LogP contribution in [-0.2, 0) is 6.54 Å². The van der Waals surface area contributed by atoms with Crippen molar-refractivity contribution in [2.45, 2.75) is 6.54 Å². The number of hydrogen-bond donors (Lipinski definition) is 0. The van der Waals surface area contributed by atoms with E-state index in [1.807, 2.05) is 0 Å². The van der Waals surface area contributed by atoms with Crippen molar-refractivity contribution in [2.75, 3.05) is 7.05 Å². The highest BCUT2D eigenvalue weighted by Crippen LogP contribution is 2.24. The zero-order valence-corrected chi connectivity index (χ0v) is 14.9. The Morgan fingerprint density at radius 3 is 2.33 bits per heavy atom. The summed E-state index contributed by atoms with van der Waals surface area (Å²) in [6, 6.07) is 10.4. The maximum atomic E-state index is 12.4. The van der Waals surface area contributed by atoms with Gasteiger partial charge in [0.15, 0.2) is 0 Å². The summed E-state index contributed by atoms with van der Waals surface area (Å²) in [5, 5.41) is 1.50. The Bertz CT molecular complexity index is 670. The van der Waals surface area contributed by atoms with Crippen LogP contribution in [-0.4, -0.2) is 17.9 Å². The molecule has 21 heavy (non-hydrogen) atoms. The molecule has 0 N–H and O–H groups in total. The first-order valence-corrected chi connectivity index (χ1v) is 7.95. The number of carbonyl (C=O) groups excluding carboxylic acids is 1. The lowest BCUT2D eigenvalue weighted by molar-refractivity contribution is 0.0785. The van der Waals surface area contributed by atoms with Crippen molar-refractivity contribution in [3.63, 3.8) is 0 Å². The van der Waals surface area contributed by atoms with E-state index in [9.17, 15) is 4.79 Å². The van der Waals surface area contributed by atoms with Crippen LogP contribution in [0.25, 0.3) is 0 Å². The third-order valence-corrected chi connectivity index (χ3v) is 4.11. The highest BCUT2D eigenvalue weighted by Gasteiger charge is 2.16. The maximum absolute atomic E-state index is 12.4. The average Bonchev–Trinajstić information content (AvgIpc) is 2.39. The number of nitrogens with zero attached hydrogens (tertiary/aromatic N) is 1. The van der Waals surface area contributed by atoms with Gasteiger partial charge in [0.05, 0.1) is 10.6 Å². The minimum absolute atomic E-state index is 0.169. The van der Waals surface area contributed by atoms with E-state index in [1.54, 1.807) is 48.3 Å². The van der Waals surface area contributed by atoms with E-state index in [1.165, 1.54) is 0 Å². The molecule has 0 bridgehead atoms. The fourth-order valence-corrected chi connectivity index (χ4v) is 3.05. The van der Waals surface area contributed by atoms with Crippen LogP contribution in [0, 0.1) is 0 Å². The van der Waals surface area contributed by atoms with Gasteiger partial charge in [-0.1, -0.05) is 50.7 Å². The highest BCUT2D eigenvalue weighted by molar-refractivity contribution is 9.10. The Balaban J connectivity index is 2.21. The van der Waals surface area contributed by atoms with E-state index >= 15 is 0 Å². The molecule has 1 amide bonds. The highest BCUT2D eigenvalue weighted by atomic mass is 79.9. The van der Waals surface area contributed by atoms with Crippen LogP contribution in [0.2, 0.25) is 15.1 Å². The van der Waals surface area contributed by atoms with Gasteiger partial charge in [0.2, 0.25) is 0 Å². The topological polar surface area (TPSA) is 20.3 Å². The fourth-order valence-electron chi connectivity index (χ4n) is 1.91. The number of amides is 1. The number of halogens is 4. The summed E-state index contributed by atoms with van der Waals surface area (Å²) >= 11 is 21.3. The first kappa shape index (κ1) is 16.6. The van der Waals surface area contributed by atoms with E-state index in [-0.39, 0.29) is 5.91 Å². The van der Waals surface area contributed by atoms with Crippen molar-refractivity contribution in [1.29, 1.82) is 0 Å². The zero-order valence-electron chi connectivity index (χ0n) is 11.0. The van der Waals surface area contributed by atoms with E-state index in [0.717, 1.165) is 10.0 Å². The van der Waals surface area contributed by atoms with Crippen molar-refractivity contribution >= 4 is 56.6 Å². The summed E-state index contributed by atoms with van der Waals surface area (Å²) in [6.07, 6.45) is 0. The maximum Gasteiger partial charge on any atom is 0.255 e. The second-order valence-electron chi connectivity index (χ2n) is 4.56. The zero-order chi connectivity index (χ0) is 15.6. The van der Waals surface area contributed by atoms with Crippen molar-refractivity contribution in [1.82, 2.24) is 4.90 Å². The summed E-state index contributed by atoms with van der Waals surface area (Å²) in [6.45, 7) is 0.391. The number of hydrogen-bond acceptors (Lipinski definition) is 1. The second-order valence-corrected chi connectivity index (χ2v) is 6.76. The van der Waals surface area contributed by atoms with Crippen LogP contribution in [0.3, 0.4) is 0 Å². The van der Waals surface area contributed by atoms with Gasteiger partial charge in [0.1, 0.15) is 0 Å². The summed E-state index contributed by atoms with van der Waals surface area (Å²) in [4.78, 5) is 14.0. The molecule has 0 saturated carbocycles. The van der Waals surface area contributed by atoms with Crippen LogP contribution in [0.5, 0.6) is 0 Å². The molecule has 0 aliphatic rings. The van der Waals surface area contributed by atoms with Crippen LogP contribution >= 0.6 is 50.7 Å². The lowest BCUT2D eigenvalue weighted by atomic mass is 10.1. The lowest BCUT2D eigenvalue weighted by Gasteiger charge is -2.18. The van der Waals surface area contributed by atoms with Gasteiger partial charge in [-0.05, 0) is 42.0 Å². The van der Waals surface area contributed by atoms with Gasteiger partial charge in [-0.2, -0.15) is 0 Å². The molecule has 2 nitrogen and oxygen atoms in total. The van der Waals surface area contributed by atoms with Gasteiger partial charge in [-0.25, -0.2) is 0 Å². The van der Waals surface area contributed by atoms with Gasteiger partial charge < -0.3 is 4.90 Å². The molecule has 0 aliphatic carbocycles. The Morgan fingerprint density at radius 1 is 1.10 bits per heavy atom. The minimum Gasteiger partial charge on any atom is -0.337 e. The standard InChI is InChI=1S/C15H11BrCl3NO/c1-20(8-9-4-11(17)7-12(18)5-9)15(21)13-6-10(16)2-3-14(13)19/h2-7H,8H2,1H3. The molecule has 110 valence electrons. The first-order valence-electron chi connectivity index (χ1n) is 6.02. The van der Waals surface area contributed by atoms with Gasteiger partial charge in [-0.15, -0.1) is 0 Å². The van der Waals surface area contributed by atoms with Gasteiger partial charge in [-0.3, -0.25) is 4.79 Å². The predicted octanol–water partition coefficient (Wildman–Crippen LogP) is 5.68. The van der Waals surface area contributed by atoms with Crippen LogP contribution < -0.4 is 0 Å². The van der Waals surface area contributed by atoms with Gasteiger partial charge >= 0.3 is 0 Å². The first-order chi connectivity index (χ1) is 9.86. The molecular weight excluding hydrogens is 396 g/mol. The van der Waals surface area contributed by atoms with Gasteiger partial charge in [0.25, 0.3) is 5.91 Å². The molecule has 2 aromatic carbocycles. The smallest absolute Gasteiger partial charge is 0.255 e. The molecule has 0 aromatic heterocycles. The van der Waals surface area contributed by atoms with E-state index in [2.05, 4.69) is 15.9 Å². The van der Waals surface area contributed by atoms with Crippen LogP contribution in [0.1, 0.15) is 15.9 Å². The summed E-state index contributed by atoms with van der Waals surface area (Å²) in [5.41, 5.74) is 1.30. The van der Waals surface area contributed by atoms with E-state index < -0.39 is 0 Å². The van der Waals surface area contributed by atoms with Crippen LogP contribution in [0.4, 0.5) is 0 Å². The molecule has 0 spiro atoms. The Labute approximate surface area is 146 Å². The third kappa shape index (κ3) is 4.36. The summed E-state index contributed by atoms with van der Waals surface area (Å²) in [5.74, 6) is -0.169. The quantitative estimate of drug-likeness (QED) is 0.641. The Hall–Kier alpha value is -0.740. The average molecular weight is 408 g/mol. The predicted molar refractivity (Wildman–Crippen MR) is 91.4 cm³/mol. The summed E-state index contributed by atoms with van der Waals surface area (Å²) in [7, 11) is 1.70. The lowest BCUT2D eigenvalue weighted by Crippen LogP contribution is -2.26. The SMILES string of the molecule is CN(Cc1cc(Cl)cc(Cl)c1)C(=O)c1cc(Br)ccc1Cl. The fraction of sp³-hybridized carbons (Fsp3) is 0.133. The van der Waals surface area contributed by atoms with E-state index in [0.29, 0.717) is 27.2 Å². The minimum atomic E-state index is -0.169. The Kier molecular flexibility index (Phi) is 5.55. The van der Waals surface area contributed by atoms with E-state index in [4.69, 9.17) is 34.8 Å². The molecule has 2 rings (SSSR count). The molecular formula is C15H11BrCl3NO. The largest absolute Gasteiger partial charge is 0.337 e. The molecule has 0 aliphatic heterocycles. The number of rotatable bonds is 3. The van der Waals surface area contributed by atoms with Crippen molar-refractivity contribution < 1.29 is 4.79 Å². The normalized spacial score (nSPS) is 10.5. The molecule has 0 atom stereocenters. The molecule has 0 heterocycles. The molecule has 0 radical (unpaired) electrons. The number of benzene rings is 2. The molecule has 0 unspecified atom stereocenters. The molecule has 2 aromatic rings. The van der Waals surface area contributed by atoms with Crippen molar-refractivity contribution in [2.24, 2.45) is 0 Å². The van der Waals surface area contributed by atoms with Gasteiger partial charge in [0, 0.05) is 28.1 Å². The van der Waals surface area contributed by atoms with Crippen LogP contribution in [0.15, 0.2) is 40.9 Å². The Morgan fingerprint density at radius 2 is 1.71 bits per heavy atom. The molecule has 0 fully saturated rings. The van der Waals surface area contributed by atoms with Crippen molar-refractivity contribution in [3.8, 4) is 0 Å². The number of carbonyl (C=O) groups is 1.